The number of rotatable bonds is 5. The molecule has 0 amide bonds. The van der Waals surface area contributed by atoms with Gasteiger partial charge in [0.05, 0.1) is 12.8 Å². The quantitative estimate of drug-likeness (QED) is 0.821. The van der Waals surface area contributed by atoms with Gasteiger partial charge in [-0.2, -0.15) is 4.98 Å². The molecule has 1 rings (SSSR count). The Balaban J connectivity index is 3.15. The van der Waals surface area contributed by atoms with E-state index in [0.717, 1.165) is 29.9 Å². The van der Waals surface area contributed by atoms with Gasteiger partial charge in [0, 0.05) is 5.56 Å². The highest BCUT2D eigenvalue weighted by molar-refractivity contribution is 5.31. The number of hydrogen-bond acceptors (Lipinski definition) is 4. The Labute approximate surface area is 97.2 Å². The molecule has 0 aliphatic heterocycles. The summed E-state index contributed by atoms with van der Waals surface area (Å²) in [6, 6.07) is 0. The van der Waals surface area contributed by atoms with Crippen molar-refractivity contribution in [2.45, 2.75) is 33.6 Å². The topological polar surface area (TPSA) is 61.0 Å². The lowest BCUT2D eigenvalue weighted by Gasteiger charge is -2.14. The van der Waals surface area contributed by atoms with Crippen LogP contribution in [0.2, 0.25) is 0 Å². The molecule has 16 heavy (non-hydrogen) atoms. The predicted octanol–water partition coefficient (Wildman–Crippen LogP) is 1.49. The van der Waals surface area contributed by atoms with Crippen molar-refractivity contribution in [1.29, 1.82) is 0 Å². The Kier molecular flexibility index (Phi) is 4.68. The molecule has 0 aliphatic carbocycles. The third-order valence-electron chi connectivity index (χ3n) is 2.36. The maximum Gasteiger partial charge on any atom is 0.219 e. The first-order valence-electron chi connectivity index (χ1n) is 5.69. The van der Waals surface area contributed by atoms with Gasteiger partial charge in [-0.1, -0.05) is 13.8 Å². The molecule has 0 aromatic carbocycles. The summed E-state index contributed by atoms with van der Waals surface area (Å²) in [5, 5.41) is 0. The Morgan fingerprint density at radius 1 is 1.31 bits per heavy atom. The van der Waals surface area contributed by atoms with Crippen LogP contribution in [0.25, 0.3) is 0 Å². The summed E-state index contributed by atoms with van der Waals surface area (Å²) in [5.74, 6) is 2.00. The standard InChI is InChI=1S/C12H21N3O/c1-8(2)7-11-10(5-6-13)12(16-4)15-9(3)14-11/h8H,5-7,13H2,1-4H3. The van der Waals surface area contributed by atoms with Crippen LogP contribution in [0.4, 0.5) is 0 Å². The van der Waals surface area contributed by atoms with E-state index in [4.69, 9.17) is 10.5 Å². The average molecular weight is 223 g/mol. The van der Waals surface area contributed by atoms with E-state index < -0.39 is 0 Å². The van der Waals surface area contributed by atoms with Crippen LogP contribution in [0.5, 0.6) is 5.88 Å². The van der Waals surface area contributed by atoms with Crippen LogP contribution < -0.4 is 10.5 Å². The normalized spacial score (nSPS) is 10.9. The van der Waals surface area contributed by atoms with E-state index >= 15 is 0 Å². The molecule has 0 radical (unpaired) electrons. The molecule has 0 saturated heterocycles. The van der Waals surface area contributed by atoms with Crippen LogP contribution in [0, 0.1) is 12.8 Å². The van der Waals surface area contributed by atoms with E-state index in [2.05, 4.69) is 23.8 Å². The van der Waals surface area contributed by atoms with Crippen molar-refractivity contribution < 1.29 is 4.74 Å². The minimum Gasteiger partial charge on any atom is -0.481 e. The van der Waals surface area contributed by atoms with Crippen molar-refractivity contribution in [3.63, 3.8) is 0 Å². The summed E-state index contributed by atoms with van der Waals surface area (Å²) in [7, 11) is 1.64. The van der Waals surface area contributed by atoms with Crippen LogP contribution >= 0.6 is 0 Å². The highest BCUT2D eigenvalue weighted by Gasteiger charge is 2.13. The van der Waals surface area contributed by atoms with Gasteiger partial charge < -0.3 is 10.5 Å². The van der Waals surface area contributed by atoms with Gasteiger partial charge >= 0.3 is 0 Å². The Morgan fingerprint density at radius 2 is 2.00 bits per heavy atom. The average Bonchev–Trinajstić information content (AvgIpc) is 2.20. The molecular formula is C12H21N3O. The molecule has 0 aliphatic rings. The summed E-state index contributed by atoms with van der Waals surface area (Å²) in [6.07, 6.45) is 1.71. The van der Waals surface area contributed by atoms with Crippen molar-refractivity contribution in [1.82, 2.24) is 9.97 Å². The zero-order chi connectivity index (χ0) is 12.1. The molecule has 90 valence electrons. The minimum absolute atomic E-state index is 0.565. The maximum atomic E-state index is 5.61. The van der Waals surface area contributed by atoms with Crippen LogP contribution in [0.1, 0.15) is 30.9 Å². The van der Waals surface area contributed by atoms with E-state index in [1.54, 1.807) is 7.11 Å². The van der Waals surface area contributed by atoms with Crippen LogP contribution in [0.3, 0.4) is 0 Å². The summed E-state index contributed by atoms with van der Waals surface area (Å²) >= 11 is 0. The molecule has 0 spiro atoms. The fourth-order valence-corrected chi connectivity index (χ4v) is 1.75. The highest BCUT2D eigenvalue weighted by Crippen LogP contribution is 2.21. The van der Waals surface area contributed by atoms with Gasteiger partial charge in [-0.3, -0.25) is 0 Å². The zero-order valence-corrected chi connectivity index (χ0v) is 10.6. The third-order valence-corrected chi connectivity index (χ3v) is 2.36. The van der Waals surface area contributed by atoms with Crippen LogP contribution in [0.15, 0.2) is 0 Å². The number of hydrogen-bond donors (Lipinski definition) is 1. The van der Waals surface area contributed by atoms with Crippen LogP contribution in [-0.4, -0.2) is 23.6 Å². The first kappa shape index (κ1) is 12.9. The number of nitrogens with two attached hydrogens (primary N) is 1. The summed E-state index contributed by atoms with van der Waals surface area (Å²) in [5.41, 5.74) is 7.74. The molecule has 1 aromatic rings. The number of aromatic nitrogens is 2. The van der Waals surface area contributed by atoms with Crippen molar-refractivity contribution in [3.05, 3.63) is 17.1 Å². The van der Waals surface area contributed by atoms with E-state index in [1.807, 2.05) is 6.92 Å². The first-order chi connectivity index (χ1) is 7.58. The highest BCUT2D eigenvalue weighted by atomic mass is 16.5. The number of methoxy groups -OCH3 is 1. The van der Waals surface area contributed by atoms with Crippen LogP contribution in [-0.2, 0) is 12.8 Å². The van der Waals surface area contributed by atoms with Crippen molar-refractivity contribution in [2.24, 2.45) is 11.7 Å². The van der Waals surface area contributed by atoms with E-state index in [9.17, 15) is 0 Å². The predicted molar refractivity (Wildman–Crippen MR) is 64.6 cm³/mol. The van der Waals surface area contributed by atoms with Crippen molar-refractivity contribution >= 4 is 0 Å². The van der Waals surface area contributed by atoms with E-state index in [0.29, 0.717) is 18.3 Å². The van der Waals surface area contributed by atoms with Gasteiger partial charge in [-0.15, -0.1) is 0 Å². The Hall–Kier alpha value is -1.16. The lowest BCUT2D eigenvalue weighted by molar-refractivity contribution is 0.388. The smallest absolute Gasteiger partial charge is 0.219 e. The Bertz CT molecular complexity index is 350. The zero-order valence-electron chi connectivity index (χ0n) is 10.6. The Morgan fingerprint density at radius 3 is 2.50 bits per heavy atom. The van der Waals surface area contributed by atoms with Gasteiger partial charge in [-0.25, -0.2) is 4.98 Å². The van der Waals surface area contributed by atoms with E-state index in [1.165, 1.54) is 0 Å². The third kappa shape index (κ3) is 3.17. The van der Waals surface area contributed by atoms with Gasteiger partial charge in [0.1, 0.15) is 5.82 Å². The molecule has 1 heterocycles. The molecule has 0 bridgehead atoms. The maximum absolute atomic E-state index is 5.61. The molecule has 0 atom stereocenters. The second-order valence-electron chi connectivity index (χ2n) is 4.34. The molecule has 0 unspecified atom stereocenters. The molecule has 0 saturated carbocycles. The van der Waals surface area contributed by atoms with Crippen molar-refractivity contribution in [3.8, 4) is 5.88 Å². The number of ether oxygens (including phenoxy) is 1. The number of nitrogens with zero attached hydrogens (tertiary/aromatic N) is 2. The molecular weight excluding hydrogens is 202 g/mol. The van der Waals surface area contributed by atoms with Gasteiger partial charge in [0.15, 0.2) is 0 Å². The molecule has 4 heteroatoms. The summed E-state index contributed by atoms with van der Waals surface area (Å²) in [6.45, 7) is 6.83. The SMILES string of the molecule is COc1nc(C)nc(CC(C)C)c1CCN. The monoisotopic (exact) mass is 223 g/mol. The first-order valence-corrected chi connectivity index (χ1v) is 5.69. The second-order valence-corrected chi connectivity index (χ2v) is 4.34. The number of aryl methyl sites for hydroxylation is 1. The minimum atomic E-state index is 0.565. The molecule has 0 fully saturated rings. The molecule has 1 aromatic heterocycles. The van der Waals surface area contributed by atoms with Gasteiger partial charge in [0.2, 0.25) is 5.88 Å². The van der Waals surface area contributed by atoms with E-state index in [-0.39, 0.29) is 0 Å². The lowest BCUT2D eigenvalue weighted by Crippen LogP contribution is -2.12. The largest absolute Gasteiger partial charge is 0.481 e. The van der Waals surface area contributed by atoms with Gasteiger partial charge in [0.25, 0.3) is 0 Å². The summed E-state index contributed by atoms with van der Waals surface area (Å²) < 4.78 is 5.29. The lowest BCUT2D eigenvalue weighted by atomic mass is 10.0. The van der Waals surface area contributed by atoms with Gasteiger partial charge in [-0.05, 0) is 32.2 Å². The fraction of sp³-hybridized carbons (Fsp3) is 0.667. The fourth-order valence-electron chi connectivity index (χ4n) is 1.75. The second kappa shape index (κ2) is 5.80. The van der Waals surface area contributed by atoms with Crippen molar-refractivity contribution in [2.75, 3.05) is 13.7 Å². The molecule has 4 nitrogen and oxygen atoms in total. The summed E-state index contributed by atoms with van der Waals surface area (Å²) in [4.78, 5) is 8.78. The molecule has 2 N–H and O–H groups in total.